The number of ether oxygens (including phenoxy) is 1. The maximum Gasteiger partial charge on any atom is 0.322 e. The van der Waals surface area contributed by atoms with Gasteiger partial charge in [0, 0.05) is 23.7 Å². The number of amides is 4. The molecule has 2 aliphatic heterocycles. The van der Waals surface area contributed by atoms with Crippen LogP contribution < -0.4 is 15.4 Å². The predicted octanol–water partition coefficient (Wildman–Crippen LogP) is 2.77. The van der Waals surface area contributed by atoms with Gasteiger partial charge in [-0.15, -0.1) is 0 Å². The third kappa shape index (κ3) is 3.58. The molecule has 1 atom stereocenters. The molecule has 38 heavy (non-hydrogen) atoms. The molecule has 2 aliphatic rings. The molecule has 6 rings (SSSR count). The summed E-state index contributed by atoms with van der Waals surface area (Å²) in [5, 5.41) is 5.11. The molecule has 192 valence electrons. The number of imide groups is 1. The average molecular weight is 512 g/mol. The van der Waals surface area contributed by atoms with E-state index < -0.39 is 17.5 Å². The van der Waals surface area contributed by atoms with Gasteiger partial charge in [0.15, 0.2) is 11.2 Å². The zero-order valence-electron chi connectivity index (χ0n) is 21.1. The maximum atomic E-state index is 13.2. The number of nitrogens with zero attached hydrogens (tertiary/aromatic N) is 5. The van der Waals surface area contributed by atoms with Crippen molar-refractivity contribution in [2.45, 2.75) is 32.0 Å². The number of carbonyl (C=O) groups excluding carboxylic acids is 3. The largest absolute Gasteiger partial charge is 0.497 e. The summed E-state index contributed by atoms with van der Waals surface area (Å²) in [4.78, 5) is 53.7. The summed E-state index contributed by atoms with van der Waals surface area (Å²) in [6, 6.07) is 12.1. The van der Waals surface area contributed by atoms with Crippen LogP contribution in [0.1, 0.15) is 41.4 Å². The minimum atomic E-state index is -1.45. The quantitative estimate of drug-likeness (QED) is 0.381. The van der Waals surface area contributed by atoms with Crippen LogP contribution >= 0.6 is 0 Å². The summed E-state index contributed by atoms with van der Waals surface area (Å²) >= 11 is 0. The van der Waals surface area contributed by atoms with Crippen LogP contribution in [0.15, 0.2) is 55.1 Å². The fraction of sp³-hybridized carbons (Fsp3) is 0.259. The fourth-order valence-electron chi connectivity index (χ4n) is 5.13. The van der Waals surface area contributed by atoms with Gasteiger partial charge in [-0.25, -0.2) is 19.7 Å². The van der Waals surface area contributed by atoms with Gasteiger partial charge in [0.05, 0.1) is 20.0 Å². The van der Waals surface area contributed by atoms with Crippen LogP contribution in [0.4, 0.5) is 4.79 Å². The first-order valence-corrected chi connectivity index (χ1v) is 12.2. The second-order valence-electron chi connectivity index (χ2n) is 9.72. The highest BCUT2D eigenvalue weighted by Crippen LogP contribution is 2.34. The van der Waals surface area contributed by atoms with Crippen molar-refractivity contribution in [2.24, 2.45) is 0 Å². The second-order valence-corrected chi connectivity index (χ2v) is 9.72. The third-order valence-electron chi connectivity index (χ3n) is 7.13. The number of benzene rings is 2. The number of aromatic nitrogens is 4. The van der Waals surface area contributed by atoms with Crippen LogP contribution in [0.3, 0.4) is 0 Å². The van der Waals surface area contributed by atoms with Crippen LogP contribution in [-0.2, 0) is 16.9 Å². The van der Waals surface area contributed by atoms with E-state index in [4.69, 9.17) is 4.74 Å². The molecule has 0 bridgehead atoms. The first kappa shape index (κ1) is 23.6. The summed E-state index contributed by atoms with van der Waals surface area (Å²) in [5.41, 5.74) is 3.30. The van der Waals surface area contributed by atoms with Gasteiger partial charge in [0.2, 0.25) is 0 Å². The number of methoxy groups -OCH3 is 1. The van der Waals surface area contributed by atoms with Crippen LogP contribution in [0.25, 0.3) is 22.4 Å². The van der Waals surface area contributed by atoms with Gasteiger partial charge in [0.1, 0.15) is 23.3 Å². The molecule has 2 N–H and O–H groups in total. The lowest BCUT2D eigenvalue weighted by Crippen LogP contribution is -2.52. The topological polar surface area (TPSA) is 131 Å². The molecule has 4 amide bonds. The molecule has 1 fully saturated rings. The molecule has 0 spiro atoms. The van der Waals surface area contributed by atoms with Crippen molar-refractivity contribution >= 4 is 29.0 Å². The Morgan fingerprint density at radius 3 is 2.53 bits per heavy atom. The minimum Gasteiger partial charge on any atom is -0.497 e. The highest BCUT2D eigenvalue weighted by atomic mass is 16.5. The molecule has 4 aromatic rings. The maximum absolute atomic E-state index is 13.2. The van der Waals surface area contributed by atoms with E-state index in [2.05, 4.69) is 39.4 Å². The second kappa shape index (κ2) is 8.65. The number of hydrogen-bond donors (Lipinski definition) is 2. The van der Waals surface area contributed by atoms with Crippen molar-refractivity contribution in [1.29, 1.82) is 0 Å². The van der Waals surface area contributed by atoms with Crippen molar-refractivity contribution in [2.75, 3.05) is 13.7 Å². The fourth-order valence-corrected chi connectivity index (χ4v) is 5.13. The van der Waals surface area contributed by atoms with E-state index >= 15 is 0 Å². The number of hydrogen-bond acceptors (Lipinski definition) is 7. The molecule has 2 aromatic heterocycles. The highest BCUT2D eigenvalue weighted by Gasteiger charge is 2.50. The first-order chi connectivity index (χ1) is 18.3. The van der Waals surface area contributed by atoms with Gasteiger partial charge >= 0.3 is 6.03 Å². The molecule has 2 aromatic carbocycles. The molecule has 0 saturated carbocycles. The molecule has 11 heteroatoms. The van der Waals surface area contributed by atoms with Gasteiger partial charge in [-0.2, -0.15) is 0 Å². The number of carbonyl (C=O) groups is 3. The van der Waals surface area contributed by atoms with Crippen molar-refractivity contribution in [3.05, 3.63) is 71.8 Å². The van der Waals surface area contributed by atoms with E-state index in [0.717, 1.165) is 16.8 Å². The van der Waals surface area contributed by atoms with Crippen molar-refractivity contribution < 1.29 is 19.1 Å². The molecule has 0 radical (unpaired) electrons. The van der Waals surface area contributed by atoms with E-state index in [1.54, 1.807) is 42.6 Å². The normalized spacial score (nSPS) is 18.7. The smallest absolute Gasteiger partial charge is 0.322 e. The van der Waals surface area contributed by atoms with E-state index in [-0.39, 0.29) is 18.5 Å². The minimum absolute atomic E-state index is 0.0315. The van der Waals surface area contributed by atoms with Gasteiger partial charge in [-0.05, 0) is 37.1 Å². The molecule has 0 unspecified atom stereocenters. The lowest BCUT2D eigenvalue weighted by molar-refractivity contribution is -0.124. The Balaban J connectivity index is 1.35. The van der Waals surface area contributed by atoms with Gasteiger partial charge in [-0.3, -0.25) is 14.9 Å². The standard InChI is InChI=1S/C27H25N7O4/c1-15(2)34-14-30-22-21(28-13-29-23(22)34)16-4-7-18(8-5-16)27(25(36)31-26(37)32-27)12-33-11-17-6-9-19(38-3)10-20(17)24(33)35/h4-10,13-15H,11-12H2,1-3H3,(H2,31,32,36,37)/t27-/m0/s1. The Morgan fingerprint density at radius 2 is 1.84 bits per heavy atom. The lowest BCUT2D eigenvalue weighted by Gasteiger charge is -2.31. The van der Waals surface area contributed by atoms with Crippen LogP contribution in [0.2, 0.25) is 0 Å². The average Bonchev–Trinajstić information content (AvgIpc) is 3.57. The van der Waals surface area contributed by atoms with Gasteiger partial charge in [-0.1, -0.05) is 30.3 Å². The van der Waals surface area contributed by atoms with E-state index in [1.165, 1.54) is 6.33 Å². The number of urea groups is 1. The lowest BCUT2D eigenvalue weighted by atomic mass is 9.88. The van der Waals surface area contributed by atoms with Gasteiger partial charge < -0.3 is 19.5 Å². The Labute approximate surface area is 217 Å². The van der Waals surface area contributed by atoms with E-state index in [1.807, 2.05) is 22.8 Å². The summed E-state index contributed by atoms with van der Waals surface area (Å²) in [6.45, 7) is 4.39. The summed E-state index contributed by atoms with van der Waals surface area (Å²) in [5.74, 6) is -0.169. The van der Waals surface area contributed by atoms with Crippen LogP contribution in [-0.4, -0.2) is 55.9 Å². The first-order valence-electron chi connectivity index (χ1n) is 12.2. The zero-order chi connectivity index (χ0) is 26.6. The highest BCUT2D eigenvalue weighted by molar-refractivity contribution is 6.08. The Kier molecular flexibility index (Phi) is 5.37. The number of fused-ring (bicyclic) bond motifs is 2. The predicted molar refractivity (Wildman–Crippen MR) is 137 cm³/mol. The van der Waals surface area contributed by atoms with Crippen molar-refractivity contribution in [1.82, 2.24) is 35.1 Å². The Hall–Kier alpha value is -4.80. The molecule has 4 heterocycles. The van der Waals surface area contributed by atoms with E-state index in [0.29, 0.717) is 34.6 Å². The molecular weight excluding hydrogens is 486 g/mol. The summed E-state index contributed by atoms with van der Waals surface area (Å²) in [7, 11) is 1.54. The summed E-state index contributed by atoms with van der Waals surface area (Å²) < 4.78 is 7.23. The number of imidazole rings is 1. The summed E-state index contributed by atoms with van der Waals surface area (Å²) in [6.07, 6.45) is 3.25. The van der Waals surface area contributed by atoms with Crippen LogP contribution in [0, 0.1) is 0 Å². The third-order valence-corrected chi connectivity index (χ3v) is 7.13. The number of rotatable bonds is 6. The van der Waals surface area contributed by atoms with Crippen molar-refractivity contribution in [3.8, 4) is 17.0 Å². The molecule has 1 saturated heterocycles. The molecular formula is C27H25N7O4. The molecule has 0 aliphatic carbocycles. The van der Waals surface area contributed by atoms with Crippen LogP contribution in [0.5, 0.6) is 5.75 Å². The Bertz CT molecular complexity index is 1610. The molecule has 11 nitrogen and oxygen atoms in total. The number of nitrogens with one attached hydrogen (secondary N) is 2. The zero-order valence-corrected chi connectivity index (χ0v) is 21.1. The SMILES string of the molecule is COc1ccc2c(c1)C(=O)N(C[C@@]1(c3ccc(-c4ncnc5c4ncn5C(C)C)cc3)NC(=O)NC1=O)C2. The van der Waals surface area contributed by atoms with Gasteiger partial charge in [0.25, 0.3) is 11.8 Å². The van der Waals surface area contributed by atoms with E-state index in [9.17, 15) is 14.4 Å². The Morgan fingerprint density at radius 1 is 1.05 bits per heavy atom. The van der Waals surface area contributed by atoms with Crippen molar-refractivity contribution in [3.63, 3.8) is 0 Å². The monoisotopic (exact) mass is 511 g/mol.